The molecule has 0 bridgehead atoms. The summed E-state index contributed by atoms with van der Waals surface area (Å²) in [6, 6.07) is 22.6. The summed E-state index contributed by atoms with van der Waals surface area (Å²) < 4.78 is 33.4. The Morgan fingerprint density at radius 1 is 0.969 bits per heavy atom. The summed E-state index contributed by atoms with van der Waals surface area (Å²) in [7, 11) is -3.91. The van der Waals surface area contributed by atoms with Gasteiger partial charge in [0.15, 0.2) is 0 Å². The van der Waals surface area contributed by atoms with Gasteiger partial charge in [-0.05, 0) is 62.7 Å². The fourth-order valence-corrected chi connectivity index (χ4v) is 4.58. The predicted molar refractivity (Wildman–Crippen MR) is 126 cm³/mol. The quantitative estimate of drug-likeness (QED) is 0.525. The molecule has 3 aromatic carbocycles. The molecule has 0 saturated carbocycles. The molecule has 6 nitrogen and oxygen atoms in total. The van der Waals surface area contributed by atoms with Crippen LogP contribution in [0.25, 0.3) is 0 Å². The zero-order chi connectivity index (χ0) is 23.1. The van der Waals surface area contributed by atoms with Crippen molar-refractivity contribution in [2.75, 3.05) is 10.8 Å². The zero-order valence-electron chi connectivity index (χ0n) is 18.5. The lowest BCUT2D eigenvalue weighted by Gasteiger charge is -2.24. The number of nitrogens with zero attached hydrogens (tertiary/aromatic N) is 1. The zero-order valence-corrected chi connectivity index (χ0v) is 19.3. The van der Waals surface area contributed by atoms with E-state index >= 15 is 0 Å². The average molecular weight is 453 g/mol. The molecule has 0 aliphatic carbocycles. The minimum absolute atomic E-state index is 0.0473. The lowest BCUT2D eigenvalue weighted by Crippen LogP contribution is -2.40. The second kappa shape index (κ2) is 10.3. The topological polar surface area (TPSA) is 75.7 Å². The lowest BCUT2D eigenvalue weighted by atomic mass is 10.2. The first-order valence-corrected chi connectivity index (χ1v) is 11.9. The SMILES string of the molecule is Cc1ccc(N(CC(=O)NCc2cccc(OC(C)C)c2)S(=O)(=O)c2ccccc2)cc1. The van der Waals surface area contributed by atoms with Gasteiger partial charge in [-0.2, -0.15) is 0 Å². The Kier molecular flexibility index (Phi) is 7.53. The number of hydrogen-bond donors (Lipinski definition) is 1. The molecule has 32 heavy (non-hydrogen) atoms. The first-order chi connectivity index (χ1) is 15.3. The number of ether oxygens (including phenoxy) is 1. The standard InChI is InChI=1S/C25H28N2O4S/c1-19(2)31-23-9-7-8-21(16-23)17-26-25(28)18-27(22-14-12-20(3)13-15-22)32(29,30)24-10-5-4-6-11-24/h4-16,19H,17-18H2,1-3H3,(H,26,28). The van der Waals surface area contributed by atoms with Gasteiger partial charge >= 0.3 is 0 Å². The molecule has 1 amide bonds. The van der Waals surface area contributed by atoms with Crippen LogP contribution in [-0.4, -0.2) is 27.0 Å². The number of rotatable bonds is 9. The number of hydrogen-bond acceptors (Lipinski definition) is 4. The van der Waals surface area contributed by atoms with Crippen LogP contribution >= 0.6 is 0 Å². The maximum atomic E-state index is 13.3. The summed E-state index contributed by atoms with van der Waals surface area (Å²) in [5, 5.41) is 2.81. The van der Waals surface area contributed by atoms with E-state index in [0.29, 0.717) is 5.69 Å². The fraction of sp³-hybridized carbons (Fsp3) is 0.240. The van der Waals surface area contributed by atoms with E-state index in [1.54, 1.807) is 30.3 Å². The molecule has 7 heteroatoms. The Morgan fingerprint density at radius 3 is 2.31 bits per heavy atom. The van der Waals surface area contributed by atoms with Crippen LogP contribution in [0.4, 0.5) is 5.69 Å². The van der Waals surface area contributed by atoms with Crippen molar-refractivity contribution in [3.63, 3.8) is 0 Å². The molecule has 168 valence electrons. The van der Waals surface area contributed by atoms with Gasteiger partial charge in [0.25, 0.3) is 10.0 Å². The van der Waals surface area contributed by atoms with Crippen LogP contribution in [0.5, 0.6) is 5.75 Å². The van der Waals surface area contributed by atoms with Crippen molar-refractivity contribution in [1.82, 2.24) is 5.32 Å². The Labute approximate surface area is 189 Å². The van der Waals surface area contributed by atoms with Crippen molar-refractivity contribution >= 4 is 21.6 Å². The summed E-state index contributed by atoms with van der Waals surface area (Å²) in [6.45, 7) is 5.75. The summed E-state index contributed by atoms with van der Waals surface area (Å²) in [4.78, 5) is 12.9. The molecule has 0 radical (unpaired) electrons. The Morgan fingerprint density at radius 2 is 1.66 bits per heavy atom. The van der Waals surface area contributed by atoms with Gasteiger partial charge in [-0.3, -0.25) is 9.10 Å². The first-order valence-electron chi connectivity index (χ1n) is 10.4. The van der Waals surface area contributed by atoms with Crippen molar-refractivity contribution in [2.24, 2.45) is 0 Å². The number of carbonyl (C=O) groups excluding carboxylic acids is 1. The van der Waals surface area contributed by atoms with Gasteiger partial charge in [0.1, 0.15) is 12.3 Å². The molecule has 0 heterocycles. The molecule has 0 atom stereocenters. The van der Waals surface area contributed by atoms with Crippen LogP contribution in [-0.2, 0) is 21.4 Å². The maximum absolute atomic E-state index is 13.3. The summed E-state index contributed by atoms with van der Waals surface area (Å²) >= 11 is 0. The molecular formula is C25H28N2O4S. The molecule has 0 aromatic heterocycles. The van der Waals surface area contributed by atoms with E-state index in [1.807, 2.05) is 57.2 Å². The third kappa shape index (κ3) is 6.11. The molecule has 3 rings (SSSR count). The molecular weight excluding hydrogens is 424 g/mol. The van der Waals surface area contributed by atoms with Crippen molar-refractivity contribution in [3.05, 3.63) is 90.0 Å². The second-order valence-electron chi connectivity index (χ2n) is 7.75. The molecule has 0 fully saturated rings. The number of anilines is 1. The van der Waals surface area contributed by atoms with Crippen LogP contribution in [0.15, 0.2) is 83.8 Å². The Hall–Kier alpha value is -3.32. The summed E-state index contributed by atoms with van der Waals surface area (Å²) in [6.07, 6.45) is 0.0473. The van der Waals surface area contributed by atoms with Crippen molar-refractivity contribution in [3.8, 4) is 5.75 Å². The largest absolute Gasteiger partial charge is 0.491 e. The minimum Gasteiger partial charge on any atom is -0.491 e. The number of aryl methyl sites for hydroxylation is 1. The fourth-order valence-electron chi connectivity index (χ4n) is 3.13. The third-order valence-corrected chi connectivity index (χ3v) is 6.49. The van der Waals surface area contributed by atoms with E-state index in [9.17, 15) is 13.2 Å². The molecule has 0 saturated heterocycles. The summed E-state index contributed by atoms with van der Waals surface area (Å²) in [5.41, 5.74) is 2.30. The van der Waals surface area contributed by atoms with Crippen LogP contribution in [0.2, 0.25) is 0 Å². The highest BCUT2D eigenvalue weighted by Gasteiger charge is 2.27. The van der Waals surface area contributed by atoms with E-state index in [2.05, 4.69) is 5.32 Å². The van der Waals surface area contributed by atoms with Crippen molar-refractivity contribution in [2.45, 2.75) is 38.3 Å². The Balaban J connectivity index is 1.78. The maximum Gasteiger partial charge on any atom is 0.264 e. The number of amides is 1. The number of benzene rings is 3. The van der Waals surface area contributed by atoms with E-state index in [4.69, 9.17) is 4.74 Å². The molecule has 0 spiro atoms. The van der Waals surface area contributed by atoms with E-state index in [-0.39, 0.29) is 24.1 Å². The van der Waals surface area contributed by atoms with Crippen LogP contribution in [0, 0.1) is 6.92 Å². The van der Waals surface area contributed by atoms with Gasteiger partial charge < -0.3 is 10.1 Å². The Bertz CT molecular complexity index is 1140. The molecule has 0 unspecified atom stereocenters. The van der Waals surface area contributed by atoms with Gasteiger partial charge in [-0.15, -0.1) is 0 Å². The summed E-state index contributed by atoms with van der Waals surface area (Å²) in [5.74, 6) is 0.319. The molecule has 1 N–H and O–H groups in total. The van der Waals surface area contributed by atoms with E-state index in [1.165, 1.54) is 12.1 Å². The van der Waals surface area contributed by atoms with E-state index in [0.717, 1.165) is 21.2 Å². The van der Waals surface area contributed by atoms with Gasteiger partial charge in [0, 0.05) is 6.54 Å². The number of carbonyl (C=O) groups is 1. The second-order valence-corrected chi connectivity index (χ2v) is 9.61. The van der Waals surface area contributed by atoms with Crippen LogP contribution in [0.1, 0.15) is 25.0 Å². The number of sulfonamides is 1. The third-order valence-electron chi connectivity index (χ3n) is 4.70. The van der Waals surface area contributed by atoms with Gasteiger partial charge in [0.05, 0.1) is 16.7 Å². The highest BCUT2D eigenvalue weighted by Crippen LogP contribution is 2.24. The van der Waals surface area contributed by atoms with Gasteiger partial charge in [-0.25, -0.2) is 8.42 Å². The van der Waals surface area contributed by atoms with Gasteiger partial charge in [0.2, 0.25) is 5.91 Å². The predicted octanol–water partition coefficient (Wildman–Crippen LogP) is 4.29. The molecule has 0 aliphatic heterocycles. The smallest absolute Gasteiger partial charge is 0.264 e. The monoisotopic (exact) mass is 452 g/mol. The minimum atomic E-state index is -3.91. The van der Waals surface area contributed by atoms with E-state index < -0.39 is 15.9 Å². The first kappa shape index (κ1) is 23.3. The highest BCUT2D eigenvalue weighted by molar-refractivity contribution is 7.92. The number of nitrogens with one attached hydrogen (secondary N) is 1. The van der Waals surface area contributed by atoms with Gasteiger partial charge in [-0.1, -0.05) is 48.0 Å². The average Bonchev–Trinajstić information content (AvgIpc) is 2.77. The molecule has 3 aromatic rings. The highest BCUT2D eigenvalue weighted by atomic mass is 32.2. The lowest BCUT2D eigenvalue weighted by molar-refractivity contribution is -0.119. The van der Waals surface area contributed by atoms with Crippen LogP contribution in [0.3, 0.4) is 0 Å². The van der Waals surface area contributed by atoms with Crippen molar-refractivity contribution < 1.29 is 17.9 Å². The van der Waals surface area contributed by atoms with Crippen molar-refractivity contribution in [1.29, 1.82) is 0 Å². The molecule has 0 aliphatic rings. The van der Waals surface area contributed by atoms with Crippen LogP contribution < -0.4 is 14.4 Å². The normalized spacial score (nSPS) is 11.2.